The molecule has 1 amide bonds. The molecule has 0 bridgehead atoms. The van der Waals surface area contributed by atoms with Crippen molar-refractivity contribution in [2.75, 3.05) is 0 Å². The van der Waals surface area contributed by atoms with Crippen LogP contribution in [0.25, 0.3) is 5.69 Å². The van der Waals surface area contributed by atoms with E-state index in [0.29, 0.717) is 12.1 Å². The van der Waals surface area contributed by atoms with Crippen molar-refractivity contribution in [1.82, 2.24) is 15.1 Å². The number of rotatable bonds is 5. The first-order chi connectivity index (χ1) is 11.9. The zero-order valence-electron chi connectivity index (χ0n) is 14.8. The fourth-order valence-corrected chi connectivity index (χ4v) is 3.22. The van der Waals surface area contributed by atoms with Crippen LogP contribution in [0.1, 0.15) is 54.0 Å². The molecule has 1 heterocycles. The van der Waals surface area contributed by atoms with E-state index >= 15 is 0 Å². The number of nitrogens with one attached hydrogen (secondary N) is 1. The predicted molar refractivity (Wildman–Crippen MR) is 94.1 cm³/mol. The SMILES string of the molecule is CCC(C)(NC(=O)c1nn(-c2ccccc2C)c2c1CCC2)C(=O)O. The molecule has 132 valence electrons. The molecular formula is C19H23N3O3. The molecule has 0 spiro atoms. The van der Waals surface area contributed by atoms with Crippen molar-refractivity contribution in [2.45, 2.75) is 52.0 Å². The van der Waals surface area contributed by atoms with E-state index in [2.05, 4.69) is 10.4 Å². The number of fused-ring (bicyclic) bond motifs is 1. The number of aliphatic carboxylic acids is 1. The fraction of sp³-hybridized carbons (Fsp3) is 0.421. The molecule has 1 aliphatic carbocycles. The zero-order chi connectivity index (χ0) is 18.2. The maximum Gasteiger partial charge on any atom is 0.329 e. The third kappa shape index (κ3) is 2.92. The summed E-state index contributed by atoms with van der Waals surface area (Å²) in [6.45, 7) is 5.27. The Balaban J connectivity index is 2.02. The van der Waals surface area contributed by atoms with E-state index in [4.69, 9.17) is 0 Å². The van der Waals surface area contributed by atoms with Crippen LogP contribution in [-0.2, 0) is 17.6 Å². The second-order valence-corrected chi connectivity index (χ2v) is 6.77. The number of carboxylic acid groups (broad SMARTS) is 1. The Hall–Kier alpha value is -2.63. The largest absolute Gasteiger partial charge is 0.480 e. The Morgan fingerprint density at radius 3 is 2.68 bits per heavy atom. The summed E-state index contributed by atoms with van der Waals surface area (Å²) in [7, 11) is 0. The second-order valence-electron chi connectivity index (χ2n) is 6.77. The molecule has 0 radical (unpaired) electrons. The van der Waals surface area contributed by atoms with Gasteiger partial charge in [0, 0.05) is 11.3 Å². The summed E-state index contributed by atoms with van der Waals surface area (Å²) >= 11 is 0. The van der Waals surface area contributed by atoms with Gasteiger partial charge in [-0.2, -0.15) is 5.10 Å². The summed E-state index contributed by atoms with van der Waals surface area (Å²) in [5, 5.41) is 16.6. The molecule has 1 unspecified atom stereocenters. The molecule has 2 aromatic rings. The van der Waals surface area contributed by atoms with Crippen LogP contribution < -0.4 is 5.32 Å². The number of nitrogens with zero attached hydrogens (tertiary/aromatic N) is 2. The van der Waals surface area contributed by atoms with Crippen molar-refractivity contribution in [3.8, 4) is 5.69 Å². The minimum atomic E-state index is -1.30. The molecule has 0 saturated carbocycles. The topological polar surface area (TPSA) is 84.2 Å². The van der Waals surface area contributed by atoms with Crippen LogP contribution in [0, 0.1) is 6.92 Å². The average Bonchev–Trinajstić information content (AvgIpc) is 3.17. The minimum absolute atomic E-state index is 0.300. The lowest BCUT2D eigenvalue weighted by Crippen LogP contribution is -2.52. The highest BCUT2D eigenvalue weighted by atomic mass is 16.4. The molecule has 1 aromatic heterocycles. The van der Waals surface area contributed by atoms with Crippen molar-refractivity contribution in [1.29, 1.82) is 0 Å². The van der Waals surface area contributed by atoms with Gasteiger partial charge in [0.15, 0.2) is 5.69 Å². The van der Waals surface area contributed by atoms with Crippen molar-refractivity contribution >= 4 is 11.9 Å². The third-order valence-corrected chi connectivity index (χ3v) is 5.06. The summed E-state index contributed by atoms with van der Waals surface area (Å²) in [4.78, 5) is 24.2. The summed E-state index contributed by atoms with van der Waals surface area (Å²) in [5.41, 5.74) is 3.07. The van der Waals surface area contributed by atoms with Crippen molar-refractivity contribution in [3.05, 3.63) is 46.8 Å². The minimum Gasteiger partial charge on any atom is -0.480 e. The lowest BCUT2D eigenvalue weighted by Gasteiger charge is -2.24. The van der Waals surface area contributed by atoms with Crippen LogP contribution >= 0.6 is 0 Å². The summed E-state index contributed by atoms with van der Waals surface area (Å²) in [6, 6.07) is 7.91. The first kappa shape index (κ1) is 17.2. The maximum atomic E-state index is 12.8. The molecule has 2 N–H and O–H groups in total. The van der Waals surface area contributed by atoms with Gasteiger partial charge in [-0.15, -0.1) is 0 Å². The van der Waals surface area contributed by atoms with Gasteiger partial charge < -0.3 is 10.4 Å². The Bertz CT molecular complexity index is 840. The number of aromatic nitrogens is 2. The van der Waals surface area contributed by atoms with Gasteiger partial charge in [-0.25, -0.2) is 9.48 Å². The van der Waals surface area contributed by atoms with Crippen LogP contribution in [0.4, 0.5) is 0 Å². The molecule has 0 fully saturated rings. The summed E-state index contributed by atoms with van der Waals surface area (Å²) in [6.07, 6.45) is 2.94. The fourth-order valence-electron chi connectivity index (χ4n) is 3.22. The van der Waals surface area contributed by atoms with Crippen LogP contribution in [-0.4, -0.2) is 32.3 Å². The highest BCUT2D eigenvalue weighted by Gasteiger charge is 2.36. The number of para-hydroxylation sites is 1. The van der Waals surface area contributed by atoms with Gasteiger partial charge in [-0.05, 0) is 51.2 Å². The summed E-state index contributed by atoms with van der Waals surface area (Å²) < 4.78 is 1.84. The Kier molecular flexibility index (Phi) is 4.37. The molecule has 6 heteroatoms. The van der Waals surface area contributed by atoms with Crippen molar-refractivity contribution in [3.63, 3.8) is 0 Å². The van der Waals surface area contributed by atoms with Gasteiger partial charge in [0.2, 0.25) is 0 Å². The first-order valence-corrected chi connectivity index (χ1v) is 8.60. The van der Waals surface area contributed by atoms with Crippen LogP contribution in [0.2, 0.25) is 0 Å². The molecular weight excluding hydrogens is 318 g/mol. The number of benzene rings is 1. The normalized spacial score (nSPS) is 15.5. The van der Waals surface area contributed by atoms with E-state index in [1.54, 1.807) is 6.92 Å². The number of carbonyl (C=O) groups is 2. The van der Waals surface area contributed by atoms with Crippen LogP contribution in [0.3, 0.4) is 0 Å². The third-order valence-electron chi connectivity index (χ3n) is 5.06. The molecule has 3 rings (SSSR count). The van der Waals surface area contributed by atoms with E-state index in [1.807, 2.05) is 35.9 Å². The molecule has 0 saturated heterocycles. The molecule has 1 aromatic carbocycles. The average molecular weight is 341 g/mol. The highest BCUT2D eigenvalue weighted by molar-refractivity contribution is 5.97. The first-order valence-electron chi connectivity index (χ1n) is 8.60. The number of amides is 1. The monoisotopic (exact) mass is 341 g/mol. The quantitative estimate of drug-likeness (QED) is 0.876. The number of hydrogen-bond acceptors (Lipinski definition) is 3. The van der Waals surface area contributed by atoms with Gasteiger partial charge >= 0.3 is 5.97 Å². The Labute approximate surface area is 146 Å². The smallest absolute Gasteiger partial charge is 0.329 e. The second kappa shape index (κ2) is 6.35. The van der Waals surface area contributed by atoms with E-state index in [0.717, 1.165) is 41.8 Å². The summed E-state index contributed by atoms with van der Waals surface area (Å²) in [5.74, 6) is -1.46. The van der Waals surface area contributed by atoms with Gasteiger partial charge in [0.1, 0.15) is 5.54 Å². The lowest BCUT2D eigenvalue weighted by atomic mass is 9.99. The van der Waals surface area contributed by atoms with Crippen molar-refractivity contribution < 1.29 is 14.7 Å². The number of carboxylic acids is 1. The van der Waals surface area contributed by atoms with Crippen molar-refractivity contribution in [2.24, 2.45) is 0 Å². The van der Waals surface area contributed by atoms with Crippen LogP contribution in [0.15, 0.2) is 24.3 Å². The Morgan fingerprint density at radius 1 is 1.32 bits per heavy atom. The molecule has 0 aliphatic heterocycles. The molecule has 1 atom stereocenters. The van der Waals surface area contributed by atoms with E-state index in [1.165, 1.54) is 6.92 Å². The molecule has 1 aliphatic rings. The highest BCUT2D eigenvalue weighted by Crippen LogP contribution is 2.29. The van der Waals surface area contributed by atoms with Crippen LogP contribution in [0.5, 0.6) is 0 Å². The molecule has 25 heavy (non-hydrogen) atoms. The number of aryl methyl sites for hydroxylation is 1. The van der Waals surface area contributed by atoms with E-state index in [-0.39, 0.29) is 0 Å². The van der Waals surface area contributed by atoms with E-state index in [9.17, 15) is 14.7 Å². The zero-order valence-corrected chi connectivity index (χ0v) is 14.8. The standard InChI is InChI=1S/C19H23N3O3/c1-4-19(3,18(24)25)20-17(23)16-13-9-7-11-15(13)22(21-16)14-10-6-5-8-12(14)2/h5-6,8,10H,4,7,9,11H2,1-3H3,(H,20,23)(H,24,25). The number of carbonyl (C=O) groups excluding carboxylic acids is 1. The maximum absolute atomic E-state index is 12.8. The van der Waals surface area contributed by atoms with Gasteiger partial charge in [0.05, 0.1) is 5.69 Å². The Morgan fingerprint density at radius 2 is 2.04 bits per heavy atom. The predicted octanol–water partition coefficient (Wildman–Crippen LogP) is 2.65. The van der Waals surface area contributed by atoms with Gasteiger partial charge in [-0.1, -0.05) is 25.1 Å². The van der Waals surface area contributed by atoms with Gasteiger partial charge in [-0.3, -0.25) is 4.79 Å². The molecule has 6 nitrogen and oxygen atoms in total. The van der Waals surface area contributed by atoms with Gasteiger partial charge in [0.25, 0.3) is 5.91 Å². The lowest BCUT2D eigenvalue weighted by molar-refractivity contribution is -0.143. The number of hydrogen-bond donors (Lipinski definition) is 2. The van der Waals surface area contributed by atoms with E-state index < -0.39 is 17.4 Å².